The molecule has 0 radical (unpaired) electrons. The molecule has 1 N–H and O–H groups in total. The van der Waals surface area contributed by atoms with Crippen molar-refractivity contribution in [2.24, 2.45) is 7.05 Å². The first-order valence-corrected chi connectivity index (χ1v) is 5.05. The molecule has 2 rings (SSSR count). The number of aromatic nitrogens is 1. The van der Waals surface area contributed by atoms with E-state index >= 15 is 0 Å². The molecule has 0 aliphatic carbocycles. The van der Waals surface area contributed by atoms with Crippen molar-refractivity contribution in [3.63, 3.8) is 0 Å². The Morgan fingerprint density at radius 2 is 2.12 bits per heavy atom. The van der Waals surface area contributed by atoms with Crippen LogP contribution in [-0.2, 0) is 17.8 Å². The Morgan fingerprint density at radius 1 is 1.41 bits per heavy atom. The predicted octanol–water partition coefficient (Wildman–Crippen LogP) is 2.74. The second kappa shape index (κ2) is 3.84. The molecule has 1 heterocycles. The van der Waals surface area contributed by atoms with Crippen molar-refractivity contribution in [3.05, 3.63) is 36.0 Å². The van der Waals surface area contributed by atoms with Crippen molar-refractivity contribution in [1.82, 2.24) is 4.57 Å². The van der Waals surface area contributed by atoms with Crippen LogP contribution < -0.4 is 0 Å². The molecule has 0 saturated carbocycles. The summed E-state index contributed by atoms with van der Waals surface area (Å²) in [6, 6.07) is 5.89. The summed E-state index contributed by atoms with van der Waals surface area (Å²) < 4.78 is 28.9. The van der Waals surface area contributed by atoms with E-state index in [2.05, 4.69) is 0 Å². The topological polar surface area (TPSA) is 42.2 Å². The summed E-state index contributed by atoms with van der Waals surface area (Å²) in [5.74, 6) is -4.85. The number of carboxylic acid groups (broad SMARTS) is 1. The lowest BCUT2D eigenvalue weighted by Crippen LogP contribution is -2.18. The zero-order valence-electron chi connectivity index (χ0n) is 9.15. The highest BCUT2D eigenvalue weighted by Crippen LogP contribution is 2.33. The largest absolute Gasteiger partial charge is 0.481 e. The Bertz CT molecular complexity index is 575. The van der Waals surface area contributed by atoms with Gasteiger partial charge in [-0.1, -0.05) is 6.07 Å². The van der Waals surface area contributed by atoms with Gasteiger partial charge in [0.2, 0.25) is 0 Å². The SMILES string of the molecule is Cn1ccc2cc(C(F)(F)CC(=O)O)ccc21. The minimum Gasteiger partial charge on any atom is -0.481 e. The third kappa shape index (κ3) is 2.13. The molecule has 0 spiro atoms. The molecular formula is C12H11F2NO2. The van der Waals surface area contributed by atoms with Crippen LogP contribution in [0.3, 0.4) is 0 Å². The van der Waals surface area contributed by atoms with Gasteiger partial charge in [0.25, 0.3) is 5.92 Å². The number of benzene rings is 1. The Labute approximate surface area is 96.3 Å². The predicted molar refractivity (Wildman–Crippen MR) is 59.1 cm³/mol. The Balaban J connectivity index is 2.45. The lowest BCUT2D eigenvalue weighted by Gasteiger charge is -2.14. The number of nitrogens with zero attached hydrogens (tertiary/aromatic N) is 1. The summed E-state index contributed by atoms with van der Waals surface area (Å²) in [4.78, 5) is 10.4. The molecular weight excluding hydrogens is 228 g/mol. The first-order chi connectivity index (χ1) is 7.90. The van der Waals surface area contributed by atoms with E-state index in [0.717, 1.165) is 5.52 Å². The monoisotopic (exact) mass is 239 g/mol. The molecule has 0 amide bonds. The Kier molecular flexibility index (Phi) is 2.61. The zero-order chi connectivity index (χ0) is 12.6. The van der Waals surface area contributed by atoms with Gasteiger partial charge < -0.3 is 9.67 Å². The van der Waals surface area contributed by atoms with E-state index < -0.39 is 18.3 Å². The molecule has 1 aromatic carbocycles. The maximum Gasteiger partial charge on any atom is 0.309 e. The van der Waals surface area contributed by atoms with Crippen LogP contribution in [-0.4, -0.2) is 15.6 Å². The highest BCUT2D eigenvalue weighted by Gasteiger charge is 2.34. The van der Waals surface area contributed by atoms with Crippen LogP contribution in [0.4, 0.5) is 8.78 Å². The summed E-state index contributed by atoms with van der Waals surface area (Å²) >= 11 is 0. The van der Waals surface area contributed by atoms with Crippen LogP contribution in [0.15, 0.2) is 30.5 Å². The fourth-order valence-corrected chi connectivity index (χ4v) is 1.80. The van der Waals surface area contributed by atoms with Gasteiger partial charge in [-0.2, -0.15) is 0 Å². The van der Waals surface area contributed by atoms with Crippen molar-refractivity contribution in [2.75, 3.05) is 0 Å². The molecule has 0 unspecified atom stereocenters. The van der Waals surface area contributed by atoms with E-state index in [4.69, 9.17) is 5.11 Å². The van der Waals surface area contributed by atoms with Crippen molar-refractivity contribution < 1.29 is 18.7 Å². The molecule has 3 nitrogen and oxygen atoms in total. The number of aryl methyl sites for hydroxylation is 1. The standard InChI is InChI=1S/C12H11F2NO2/c1-15-5-4-8-6-9(2-3-10(8)15)12(13,14)7-11(16)17/h2-6H,7H2,1H3,(H,16,17). The van der Waals surface area contributed by atoms with Gasteiger partial charge in [0, 0.05) is 29.7 Å². The first kappa shape index (κ1) is 11.6. The summed E-state index contributed by atoms with van der Waals surface area (Å²) in [6.07, 6.45) is 0.578. The zero-order valence-corrected chi connectivity index (χ0v) is 9.15. The van der Waals surface area contributed by atoms with Crippen LogP contribution in [0.1, 0.15) is 12.0 Å². The molecule has 0 saturated heterocycles. The van der Waals surface area contributed by atoms with Gasteiger partial charge in [-0.05, 0) is 18.2 Å². The maximum absolute atomic E-state index is 13.6. The highest BCUT2D eigenvalue weighted by molar-refractivity contribution is 5.81. The van der Waals surface area contributed by atoms with Crippen LogP contribution in [0.25, 0.3) is 10.9 Å². The second-order valence-corrected chi connectivity index (χ2v) is 3.98. The number of fused-ring (bicyclic) bond motifs is 1. The number of halogens is 2. The fourth-order valence-electron chi connectivity index (χ4n) is 1.80. The molecule has 1 aromatic heterocycles. The van der Waals surface area contributed by atoms with Gasteiger partial charge in [-0.15, -0.1) is 0 Å². The maximum atomic E-state index is 13.6. The van der Waals surface area contributed by atoms with E-state index in [-0.39, 0.29) is 5.56 Å². The lowest BCUT2D eigenvalue weighted by molar-refractivity contribution is -0.145. The number of aliphatic carboxylic acids is 1. The highest BCUT2D eigenvalue weighted by atomic mass is 19.3. The van der Waals surface area contributed by atoms with Crippen LogP contribution in [0.5, 0.6) is 0 Å². The average molecular weight is 239 g/mol. The normalized spacial score (nSPS) is 11.9. The summed E-state index contributed by atoms with van der Waals surface area (Å²) in [5, 5.41) is 9.12. The number of rotatable bonds is 3. The van der Waals surface area contributed by atoms with Crippen LogP contribution in [0, 0.1) is 0 Å². The quantitative estimate of drug-likeness (QED) is 0.894. The Hall–Kier alpha value is -1.91. The van der Waals surface area contributed by atoms with Crippen molar-refractivity contribution in [1.29, 1.82) is 0 Å². The third-order valence-corrected chi connectivity index (χ3v) is 2.68. The smallest absolute Gasteiger partial charge is 0.309 e. The summed E-state index contributed by atoms with van der Waals surface area (Å²) in [6.45, 7) is 0. The van der Waals surface area contributed by atoms with Crippen LogP contribution >= 0.6 is 0 Å². The number of carboxylic acids is 1. The Morgan fingerprint density at radius 3 is 2.76 bits per heavy atom. The molecule has 5 heteroatoms. The number of carbonyl (C=O) groups is 1. The number of alkyl halides is 2. The van der Waals surface area contributed by atoms with E-state index in [1.165, 1.54) is 12.1 Å². The fraction of sp³-hybridized carbons (Fsp3) is 0.250. The molecule has 17 heavy (non-hydrogen) atoms. The lowest BCUT2D eigenvalue weighted by atomic mass is 10.0. The summed E-state index contributed by atoms with van der Waals surface area (Å²) in [7, 11) is 1.82. The van der Waals surface area contributed by atoms with Gasteiger partial charge in [-0.25, -0.2) is 8.78 Å². The summed E-state index contributed by atoms with van der Waals surface area (Å²) in [5.41, 5.74) is 0.568. The van der Waals surface area contributed by atoms with E-state index in [9.17, 15) is 13.6 Å². The molecule has 2 aromatic rings. The van der Waals surface area contributed by atoms with E-state index in [1.807, 2.05) is 11.6 Å². The van der Waals surface area contributed by atoms with Gasteiger partial charge in [0.05, 0.1) is 0 Å². The molecule has 90 valence electrons. The van der Waals surface area contributed by atoms with Gasteiger partial charge in [0.1, 0.15) is 6.42 Å². The first-order valence-electron chi connectivity index (χ1n) is 5.05. The third-order valence-electron chi connectivity index (χ3n) is 2.68. The second-order valence-electron chi connectivity index (χ2n) is 3.98. The van der Waals surface area contributed by atoms with Gasteiger partial charge >= 0.3 is 5.97 Å². The number of hydrogen-bond acceptors (Lipinski definition) is 1. The van der Waals surface area contributed by atoms with Crippen molar-refractivity contribution >= 4 is 16.9 Å². The molecule has 0 atom stereocenters. The number of hydrogen-bond donors (Lipinski definition) is 1. The molecule has 0 aliphatic rings. The van der Waals surface area contributed by atoms with Crippen molar-refractivity contribution in [3.8, 4) is 0 Å². The molecule has 0 aliphatic heterocycles. The molecule has 0 bridgehead atoms. The van der Waals surface area contributed by atoms with E-state index in [0.29, 0.717) is 5.39 Å². The molecule has 0 fully saturated rings. The minimum atomic E-state index is -3.34. The van der Waals surface area contributed by atoms with Crippen LogP contribution in [0.2, 0.25) is 0 Å². The van der Waals surface area contributed by atoms with Crippen molar-refractivity contribution in [2.45, 2.75) is 12.3 Å². The minimum absolute atomic E-state index is 0.265. The van der Waals surface area contributed by atoms with Gasteiger partial charge in [-0.3, -0.25) is 4.79 Å². The van der Waals surface area contributed by atoms with Gasteiger partial charge in [0.15, 0.2) is 0 Å². The average Bonchev–Trinajstić information content (AvgIpc) is 2.58. The van der Waals surface area contributed by atoms with E-state index in [1.54, 1.807) is 18.3 Å².